The molecule has 0 radical (unpaired) electrons. The molecular formula is C28H31FN2O2. The minimum Gasteiger partial charge on any atom is -0.496 e. The average molecular weight is 447 g/mol. The van der Waals surface area contributed by atoms with Crippen LogP contribution in [-0.2, 0) is 6.54 Å². The number of hydrogen-bond acceptors (Lipinski definition) is 4. The van der Waals surface area contributed by atoms with Gasteiger partial charge in [0, 0.05) is 23.4 Å². The molecular weight excluding hydrogens is 415 g/mol. The first-order chi connectivity index (χ1) is 15.7. The van der Waals surface area contributed by atoms with E-state index < -0.39 is 0 Å². The van der Waals surface area contributed by atoms with Gasteiger partial charge in [-0.1, -0.05) is 18.2 Å². The number of allylic oxidation sites excluding steroid dienone is 1. The van der Waals surface area contributed by atoms with Gasteiger partial charge in [0.1, 0.15) is 17.3 Å². The van der Waals surface area contributed by atoms with Crippen LogP contribution in [0.15, 0.2) is 54.6 Å². The largest absolute Gasteiger partial charge is 0.496 e. The summed E-state index contributed by atoms with van der Waals surface area (Å²) in [7, 11) is 3.28. The molecule has 3 aromatic rings. The van der Waals surface area contributed by atoms with Gasteiger partial charge in [0.05, 0.1) is 25.4 Å². The summed E-state index contributed by atoms with van der Waals surface area (Å²) in [5.74, 6) is 1.12. The standard InChI is InChI=1S/C28H31FN2O2/c1-17-7-11-26(33-6)24(13-17)30-16-22-20(21-14-19(29)8-12-25(21)32-5)9-10-23-27(22)18(2)15-28(3,4)31-23/h7-15,30-31H,16H2,1-6H3. The van der Waals surface area contributed by atoms with Crippen LogP contribution in [-0.4, -0.2) is 19.8 Å². The number of benzene rings is 3. The lowest BCUT2D eigenvalue weighted by atomic mass is 9.85. The third-order valence-electron chi connectivity index (χ3n) is 6.00. The Balaban J connectivity index is 1.88. The van der Waals surface area contributed by atoms with E-state index in [1.54, 1.807) is 20.3 Å². The molecule has 3 aromatic carbocycles. The van der Waals surface area contributed by atoms with E-state index in [-0.39, 0.29) is 11.4 Å². The van der Waals surface area contributed by atoms with E-state index in [1.165, 1.54) is 17.7 Å². The summed E-state index contributed by atoms with van der Waals surface area (Å²) in [6.07, 6.45) is 2.23. The van der Waals surface area contributed by atoms with Crippen molar-refractivity contribution in [1.29, 1.82) is 0 Å². The molecule has 0 saturated carbocycles. The van der Waals surface area contributed by atoms with Crippen LogP contribution in [0.4, 0.5) is 15.8 Å². The Morgan fingerprint density at radius 3 is 2.36 bits per heavy atom. The van der Waals surface area contributed by atoms with Crippen LogP contribution in [0.25, 0.3) is 16.7 Å². The van der Waals surface area contributed by atoms with Gasteiger partial charge in [0.2, 0.25) is 0 Å². The second-order valence-corrected chi connectivity index (χ2v) is 9.09. The Hall–Kier alpha value is -3.47. The number of hydrogen-bond donors (Lipinski definition) is 2. The molecule has 1 aliphatic rings. The Bertz CT molecular complexity index is 1230. The maximum atomic E-state index is 14.3. The van der Waals surface area contributed by atoms with Crippen LogP contribution in [0.1, 0.15) is 37.5 Å². The summed E-state index contributed by atoms with van der Waals surface area (Å²) in [5.41, 5.74) is 7.99. The molecule has 4 nitrogen and oxygen atoms in total. The van der Waals surface area contributed by atoms with Crippen LogP contribution < -0.4 is 20.1 Å². The number of ether oxygens (including phenoxy) is 2. The van der Waals surface area contributed by atoms with Crippen LogP contribution in [0.5, 0.6) is 11.5 Å². The van der Waals surface area contributed by atoms with E-state index in [0.717, 1.165) is 44.9 Å². The molecule has 0 aliphatic carbocycles. The maximum absolute atomic E-state index is 14.3. The lowest BCUT2D eigenvalue weighted by Crippen LogP contribution is -2.32. The normalized spacial score (nSPS) is 14.1. The van der Waals surface area contributed by atoms with Crippen molar-refractivity contribution in [3.05, 3.63) is 77.1 Å². The van der Waals surface area contributed by atoms with Gasteiger partial charge in [0.25, 0.3) is 0 Å². The lowest BCUT2D eigenvalue weighted by molar-refractivity contribution is 0.415. The zero-order valence-corrected chi connectivity index (χ0v) is 20.1. The summed E-state index contributed by atoms with van der Waals surface area (Å²) < 4.78 is 25.5. The maximum Gasteiger partial charge on any atom is 0.141 e. The van der Waals surface area contributed by atoms with Crippen molar-refractivity contribution >= 4 is 16.9 Å². The van der Waals surface area contributed by atoms with E-state index in [9.17, 15) is 4.39 Å². The second-order valence-electron chi connectivity index (χ2n) is 9.09. The topological polar surface area (TPSA) is 42.5 Å². The monoisotopic (exact) mass is 446 g/mol. The highest BCUT2D eigenvalue weighted by atomic mass is 19.1. The molecule has 4 rings (SSSR count). The molecule has 0 spiro atoms. The molecule has 0 aromatic heterocycles. The molecule has 0 atom stereocenters. The van der Waals surface area contributed by atoms with Crippen molar-refractivity contribution in [1.82, 2.24) is 0 Å². The zero-order valence-electron chi connectivity index (χ0n) is 20.1. The number of fused-ring (bicyclic) bond motifs is 1. The highest BCUT2D eigenvalue weighted by Crippen LogP contribution is 2.43. The van der Waals surface area contributed by atoms with Crippen LogP contribution in [0.3, 0.4) is 0 Å². The highest BCUT2D eigenvalue weighted by Gasteiger charge is 2.26. The fraction of sp³-hybridized carbons (Fsp3) is 0.286. The molecule has 0 bridgehead atoms. The van der Waals surface area contributed by atoms with Gasteiger partial charge in [-0.2, -0.15) is 0 Å². The number of nitrogens with one attached hydrogen (secondary N) is 2. The molecule has 33 heavy (non-hydrogen) atoms. The van der Waals surface area contributed by atoms with Crippen LogP contribution in [0.2, 0.25) is 0 Å². The molecule has 172 valence electrons. The number of aryl methyl sites for hydroxylation is 1. The molecule has 2 N–H and O–H groups in total. The molecule has 0 amide bonds. The number of halogens is 1. The molecule has 0 saturated heterocycles. The summed E-state index contributed by atoms with van der Waals surface area (Å²) in [5, 5.41) is 7.18. The third kappa shape index (κ3) is 4.54. The number of rotatable bonds is 6. The van der Waals surface area contributed by atoms with Crippen molar-refractivity contribution in [2.24, 2.45) is 0 Å². The molecule has 1 heterocycles. The first kappa shape index (κ1) is 22.7. The van der Waals surface area contributed by atoms with Crippen LogP contribution >= 0.6 is 0 Å². The zero-order chi connectivity index (χ0) is 23.8. The average Bonchev–Trinajstić information content (AvgIpc) is 2.76. The van der Waals surface area contributed by atoms with Crippen molar-refractivity contribution in [3.8, 4) is 22.6 Å². The van der Waals surface area contributed by atoms with Crippen molar-refractivity contribution in [2.45, 2.75) is 39.8 Å². The van der Waals surface area contributed by atoms with Gasteiger partial charge < -0.3 is 20.1 Å². The fourth-order valence-corrected chi connectivity index (χ4v) is 4.67. The fourth-order valence-electron chi connectivity index (χ4n) is 4.67. The summed E-state index contributed by atoms with van der Waals surface area (Å²) in [6.45, 7) is 9.02. The Morgan fingerprint density at radius 1 is 0.909 bits per heavy atom. The van der Waals surface area contributed by atoms with E-state index >= 15 is 0 Å². The van der Waals surface area contributed by atoms with Gasteiger partial charge >= 0.3 is 0 Å². The van der Waals surface area contributed by atoms with E-state index in [2.05, 4.69) is 56.5 Å². The first-order valence-electron chi connectivity index (χ1n) is 11.1. The predicted octanol–water partition coefficient (Wildman–Crippen LogP) is 7.04. The Morgan fingerprint density at radius 2 is 1.64 bits per heavy atom. The number of anilines is 2. The quantitative estimate of drug-likeness (QED) is 0.426. The Labute approximate surface area is 195 Å². The second kappa shape index (κ2) is 8.81. The summed E-state index contributed by atoms with van der Waals surface area (Å²) in [6, 6.07) is 14.8. The van der Waals surface area contributed by atoms with E-state index in [0.29, 0.717) is 12.3 Å². The lowest BCUT2D eigenvalue weighted by Gasteiger charge is -2.33. The third-order valence-corrected chi connectivity index (χ3v) is 6.00. The van der Waals surface area contributed by atoms with E-state index in [1.807, 2.05) is 18.2 Å². The first-order valence-corrected chi connectivity index (χ1v) is 11.1. The smallest absolute Gasteiger partial charge is 0.141 e. The summed E-state index contributed by atoms with van der Waals surface area (Å²) in [4.78, 5) is 0. The molecule has 0 fully saturated rings. The van der Waals surface area contributed by atoms with Gasteiger partial charge in [-0.05, 0) is 86.4 Å². The van der Waals surface area contributed by atoms with Crippen LogP contribution in [0, 0.1) is 12.7 Å². The van der Waals surface area contributed by atoms with Gasteiger partial charge in [-0.15, -0.1) is 0 Å². The highest BCUT2D eigenvalue weighted by molar-refractivity contribution is 5.88. The summed E-state index contributed by atoms with van der Waals surface area (Å²) >= 11 is 0. The van der Waals surface area contributed by atoms with Gasteiger partial charge in [0.15, 0.2) is 0 Å². The predicted molar refractivity (Wildman–Crippen MR) is 135 cm³/mol. The number of methoxy groups -OCH3 is 2. The van der Waals surface area contributed by atoms with Crippen molar-refractivity contribution in [2.75, 3.05) is 24.9 Å². The van der Waals surface area contributed by atoms with Crippen molar-refractivity contribution in [3.63, 3.8) is 0 Å². The van der Waals surface area contributed by atoms with E-state index in [4.69, 9.17) is 9.47 Å². The molecule has 1 aliphatic heterocycles. The van der Waals surface area contributed by atoms with Gasteiger partial charge in [-0.3, -0.25) is 0 Å². The van der Waals surface area contributed by atoms with Gasteiger partial charge in [-0.25, -0.2) is 4.39 Å². The molecule has 5 heteroatoms. The minimum absolute atomic E-state index is 0.153. The minimum atomic E-state index is -0.297. The SMILES string of the molecule is COc1ccc(C)cc1NCc1c(-c2cc(F)ccc2OC)ccc2c1C(C)=CC(C)(C)N2. The molecule has 0 unspecified atom stereocenters. The Kier molecular flexibility index (Phi) is 6.07. The van der Waals surface area contributed by atoms with Crippen molar-refractivity contribution < 1.29 is 13.9 Å².